The summed E-state index contributed by atoms with van der Waals surface area (Å²) in [6, 6.07) is 7.05. The van der Waals surface area contributed by atoms with Gasteiger partial charge in [0, 0.05) is 17.0 Å². The van der Waals surface area contributed by atoms with Gasteiger partial charge in [-0.15, -0.1) is 0 Å². The van der Waals surface area contributed by atoms with E-state index in [1.54, 1.807) is 18.2 Å². The summed E-state index contributed by atoms with van der Waals surface area (Å²) >= 11 is 4.47. The lowest BCUT2D eigenvalue weighted by molar-refractivity contribution is 0.101. The molecule has 0 spiro atoms. The van der Waals surface area contributed by atoms with E-state index < -0.39 is 0 Å². The van der Waals surface area contributed by atoms with E-state index in [1.165, 1.54) is 13.1 Å². The summed E-state index contributed by atoms with van der Waals surface area (Å²) in [7, 11) is 0. The number of amides is 1. The second-order valence-corrected chi connectivity index (χ2v) is 5.50. The van der Waals surface area contributed by atoms with E-state index in [9.17, 15) is 9.59 Å². The summed E-state index contributed by atoms with van der Waals surface area (Å²) < 4.78 is 0.832. The maximum atomic E-state index is 11.9. The first-order valence-corrected chi connectivity index (χ1v) is 6.71. The number of carbonyl (C=O) groups is 2. The van der Waals surface area contributed by atoms with Crippen molar-refractivity contribution in [2.24, 2.45) is 0 Å². The third-order valence-corrected chi connectivity index (χ3v) is 3.67. The van der Waals surface area contributed by atoms with Crippen LogP contribution in [-0.4, -0.2) is 16.7 Å². The van der Waals surface area contributed by atoms with Crippen molar-refractivity contribution < 1.29 is 9.59 Å². The molecule has 6 heteroatoms. The Hall–Kier alpha value is -1.53. The maximum Gasteiger partial charge on any atom is 0.257 e. The second kappa shape index (κ2) is 5.41. The van der Waals surface area contributed by atoms with Crippen molar-refractivity contribution in [1.29, 1.82) is 0 Å². The van der Waals surface area contributed by atoms with E-state index in [0.29, 0.717) is 15.6 Å². The Morgan fingerprint density at radius 2 is 2.17 bits per heavy atom. The van der Waals surface area contributed by atoms with E-state index in [-0.39, 0.29) is 11.7 Å². The molecule has 0 atom stereocenters. The molecule has 0 radical (unpaired) electrons. The molecule has 2 rings (SSSR count). The standard InChI is InChI=1S/C12H9BrN2O2S/c1-7(16)10-6-14-12(18-10)15-11(17)8-3-2-4-9(13)5-8/h2-6H,1H3,(H,14,15,17). The van der Waals surface area contributed by atoms with Crippen LogP contribution >= 0.6 is 27.3 Å². The number of aromatic nitrogens is 1. The number of thiazole rings is 1. The minimum Gasteiger partial charge on any atom is -0.298 e. The first kappa shape index (κ1) is 12.9. The van der Waals surface area contributed by atoms with Gasteiger partial charge in [-0.2, -0.15) is 0 Å². The Morgan fingerprint density at radius 3 is 2.78 bits per heavy atom. The number of carbonyl (C=O) groups excluding carboxylic acids is 2. The zero-order chi connectivity index (χ0) is 13.1. The quantitative estimate of drug-likeness (QED) is 0.880. The highest BCUT2D eigenvalue weighted by Gasteiger charge is 2.10. The molecular weight excluding hydrogens is 316 g/mol. The summed E-state index contributed by atoms with van der Waals surface area (Å²) in [4.78, 5) is 27.5. The lowest BCUT2D eigenvalue weighted by Crippen LogP contribution is -2.11. The van der Waals surface area contributed by atoms with E-state index in [1.807, 2.05) is 6.07 Å². The van der Waals surface area contributed by atoms with Gasteiger partial charge in [0.15, 0.2) is 10.9 Å². The molecule has 1 N–H and O–H groups in total. The highest BCUT2D eigenvalue weighted by atomic mass is 79.9. The van der Waals surface area contributed by atoms with Crippen molar-refractivity contribution in [3.8, 4) is 0 Å². The third-order valence-electron chi connectivity index (χ3n) is 2.16. The SMILES string of the molecule is CC(=O)c1cnc(NC(=O)c2cccc(Br)c2)s1. The van der Waals surface area contributed by atoms with Crippen molar-refractivity contribution in [3.05, 3.63) is 45.4 Å². The van der Waals surface area contributed by atoms with Crippen LogP contribution in [0.3, 0.4) is 0 Å². The van der Waals surface area contributed by atoms with Gasteiger partial charge in [0.05, 0.1) is 11.1 Å². The average Bonchev–Trinajstić information content (AvgIpc) is 2.77. The van der Waals surface area contributed by atoms with Crippen LogP contribution in [0.1, 0.15) is 27.0 Å². The molecule has 1 amide bonds. The molecule has 0 aliphatic heterocycles. The summed E-state index contributed by atoms with van der Waals surface area (Å²) in [6.07, 6.45) is 1.46. The largest absolute Gasteiger partial charge is 0.298 e. The fourth-order valence-electron chi connectivity index (χ4n) is 1.29. The van der Waals surface area contributed by atoms with Crippen LogP contribution in [0.25, 0.3) is 0 Å². The van der Waals surface area contributed by atoms with Gasteiger partial charge < -0.3 is 0 Å². The Bertz CT molecular complexity index is 610. The van der Waals surface area contributed by atoms with Gasteiger partial charge >= 0.3 is 0 Å². The second-order valence-electron chi connectivity index (χ2n) is 3.55. The number of hydrogen-bond acceptors (Lipinski definition) is 4. The summed E-state index contributed by atoms with van der Waals surface area (Å²) in [6.45, 7) is 1.47. The molecule has 2 aromatic rings. The molecule has 1 heterocycles. The third kappa shape index (κ3) is 3.02. The lowest BCUT2D eigenvalue weighted by Gasteiger charge is -2.01. The summed E-state index contributed by atoms with van der Waals surface area (Å²) in [5.74, 6) is -0.309. The molecule has 1 aromatic heterocycles. The number of rotatable bonds is 3. The fraction of sp³-hybridized carbons (Fsp3) is 0.0833. The zero-order valence-corrected chi connectivity index (χ0v) is 11.8. The minimum atomic E-state index is -0.249. The van der Waals surface area contributed by atoms with E-state index in [0.717, 1.165) is 15.8 Å². The molecule has 0 unspecified atom stereocenters. The molecule has 18 heavy (non-hydrogen) atoms. The maximum absolute atomic E-state index is 11.9. The van der Waals surface area contributed by atoms with Crippen LogP contribution in [0.15, 0.2) is 34.9 Å². The Morgan fingerprint density at radius 1 is 1.39 bits per heavy atom. The van der Waals surface area contributed by atoms with Crippen LogP contribution in [0.5, 0.6) is 0 Å². The van der Waals surface area contributed by atoms with Crippen molar-refractivity contribution in [3.63, 3.8) is 0 Å². The molecular formula is C12H9BrN2O2S. The molecule has 0 fully saturated rings. The number of ketones is 1. The topological polar surface area (TPSA) is 59.1 Å². The van der Waals surface area contributed by atoms with Crippen LogP contribution in [0, 0.1) is 0 Å². The number of Topliss-reactive ketones (excluding diaryl/α,β-unsaturated/α-hetero) is 1. The Kier molecular flexibility index (Phi) is 3.88. The van der Waals surface area contributed by atoms with Crippen molar-refractivity contribution in [2.45, 2.75) is 6.92 Å². The predicted octanol–water partition coefficient (Wildman–Crippen LogP) is 3.36. The van der Waals surface area contributed by atoms with E-state index in [2.05, 4.69) is 26.2 Å². The number of hydrogen-bond donors (Lipinski definition) is 1. The van der Waals surface area contributed by atoms with Gasteiger partial charge in [0.2, 0.25) is 0 Å². The molecule has 0 saturated carbocycles. The van der Waals surface area contributed by atoms with Crippen LogP contribution in [-0.2, 0) is 0 Å². The van der Waals surface area contributed by atoms with Gasteiger partial charge in [0.25, 0.3) is 5.91 Å². The van der Waals surface area contributed by atoms with Gasteiger partial charge in [-0.3, -0.25) is 14.9 Å². The van der Waals surface area contributed by atoms with Gasteiger partial charge in [-0.05, 0) is 18.2 Å². The highest BCUT2D eigenvalue weighted by Crippen LogP contribution is 2.20. The van der Waals surface area contributed by atoms with Crippen molar-refractivity contribution >= 4 is 44.1 Å². The van der Waals surface area contributed by atoms with Crippen molar-refractivity contribution in [1.82, 2.24) is 4.98 Å². The van der Waals surface area contributed by atoms with Crippen molar-refractivity contribution in [2.75, 3.05) is 5.32 Å². The fourth-order valence-corrected chi connectivity index (χ4v) is 2.40. The molecule has 4 nitrogen and oxygen atoms in total. The zero-order valence-electron chi connectivity index (χ0n) is 9.44. The highest BCUT2D eigenvalue weighted by molar-refractivity contribution is 9.10. The molecule has 0 aliphatic carbocycles. The molecule has 0 saturated heterocycles. The minimum absolute atomic E-state index is 0.0598. The predicted molar refractivity (Wildman–Crippen MR) is 74.2 cm³/mol. The number of nitrogens with one attached hydrogen (secondary N) is 1. The Labute approximate surface area is 116 Å². The Balaban J connectivity index is 2.13. The molecule has 0 aliphatic rings. The van der Waals surface area contributed by atoms with Gasteiger partial charge in [0.1, 0.15) is 0 Å². The van der Waals surface area contributed by atoms with Crippen LogP contribution < -0.4 is 5.32 Å². The van der Waals surface area contributed by atoms with Gasteiger partial charge in [-0.1, -0.05) is 33.3 Å². The van der Waals surface area contributed by atoms with Crippen LogP contribution in [0.2, 0.25) is 0 Å². The number of anilines is 1. The first-order chi connectivity index (χ1) is 8.56. The summed E-state index contributed by atoms with van der Waals surface area (Å²) in [5.41, 5.74) is 0.531. The number of benzene rings is 1. The summed E-state index contributed by atoms with van der Waals surface area (Å²) in [5, 5.41) is 3.08. The van der Waals surface area contributed by atoms with Crippen LogP contribution in [0.4, 0.5) is 5.13 Å². The molecule has 1 aromatic carbocycles. The average molecular weight is 325 g/mol. The lowest BCUT2D eigenvalue weighted by atomic mass is 10.2. The monoisotopic (exact) mass is 324 g/mol. The molecule has 0 bridgehead atoms. The first-order valence-electron chi connectivity index (χ1n) is 5.10. The van der Waals surface area contributed by atoms with E-state index >= 15 is 0 Å². The normalized spacial score (nSPS) is 10.1. The van der Waals surface area contributed by atoms with E-state index in [4.69, 9.17) is 0 Å². The molecule has 92 valence electrons. The van der Waals surface area contributed by atoms with Gasteiger partial charge in [-0.25, -0.2) is 4.98 Å². The number of nitrogens with zero attached hydrogens (tertiary/aromatic N) is 1. The number of halogens is 1. The smallest absolute Gasteiger partial charge is 0.257 e.